The maximum Gasteiger partial charge on any atom is 0.123 e. The molecule has 1 aliphatic heterocycles. The van der Waals surface area contributed by atoms with Gasteiger partial charge in [-0.3, -0.25) is 9.88 Å². The first kappa shape index (κ1) is 16.1. The van der Waals surface area contributed by atoms with E-state index in [1.54, 1.807) is 7.11 Å². The Balaban J connectivity index is 1.67. The molecule has 1 fully saturated rings. The van der Waals surface area contributed by atoms with Crippen LogP contribution in [-0.2, 0) is 6.54 Å². The van der Waals surface area contributed by atoms with Crippen LogP contribution >= 0.6 is 0 Å². The van der Waals surface area contributed by atoms with E-state index in [9.17, 15) is 0 Å². The third kappa shape index (κ3) is 3.23. The number of hydrogen-bond donors (Lipinski definition) is 1. The van der Waals surface area contributed by atoms with Gasteiger partial charge in [-0.05, 0) is 17.7 Å². The Kier molecular flexibility index (Phi) is 4.63. The number of nitrogens with zero attached hydrogens (tertiary/aromatic N) is 2. The monoisotopic (exact) mass is 333 g/mol. The molecule has 0 spiro atoms. The van der Waals surface area contributed by atoms with Crippen molar-refractivity contribution in [2.75, 3.05) is 26.7 Å². The average molecular weight is 333 g/mol. The fourth-order valence-electron chi connectivity index (χ4n) is 3.70. The van der Waals surface area contributed by atoms with Crippen LogP contribution in [-0.4, -0.2) is 36.6 Å². The summed E-state index contributed by atoms with van der Waals surface area (Å²) in [6.45, 7) is 3.83. The molecule has 0 radical (unpaired) electrons. The minimum Gasteiger partial charge on any atom is -0.496 e. The number of piperazine rings is 1. The van der Waals surface area contributed by atoms with Crippen molar-refractivity contribution in [2.45, 2.75) is 12.6 Å². The number of nitrogens with one attached hydrogen (secondary N) is 1. The topological polar surface area (TPSA) is 37.4 Å². The quantitative estimate of drug-likeness (QED) is 0.794. The van der Waals surface area contributed by atoms with Gasteiger partial charge >= 0.3 is 0 Å². The van der Waals surface area contributed by atoms with Crippen LogP contribution in [0.25, 0.3) is 10.9 Å². The van der Waals surface area contributed by atoms with E-state index in [0.717, 1.165) is 37.4 Å². The second-order valence-electron chi connectivity index (χ2n) is 6.42. The molecule has 2 heterocycles. The first-order valence-electron chi connectivity index (χ1n) is 8.77. The van der Waals surface area contributed by atoms with Gasteiger partial charge in [-0.15, -0.1) is 0 Å². The predicted octanol–water partition coefficient (Wildman–Crippen LogP) is 3.39. The number of hydrogen-bond acceptors (Lipinski definition) is 4. The minimum atomic E-state index is 0.295. The highest BCUT2D eigenvalue weighted by molar-refractivity contribution is 5.81. The lowest BCUT2D eigenvalue weighted by Crippen LogP contribution is -2.45. The van der Waals surface area contributed by atoms with Crippen LogP contribution in [0.1, 0.15) is 17.2 Å². The van der Waals surface area contributed by atoms with Gasteiger partial charge in [0.25, 0.3) is 0 Å². The second-order valence-corrected chi connectivity index (χ2v) is 6.42. The van der Waals surface area contributed by atoms with Crippen molar-refractivity contribution in [3.8, 4) is 5.75 Å². The molecular weight excluding hydrogens is 310 g/mol. The second kappa shape index (κ2) is 7.21. The molecule has 3 aromatic rings. The Hall–Kier alpha value is -2.43. The number of pyridine rings is 1. The summed E-state index contributed by atoms with van der Waals surface area (Å²) >= 11 is 0. The van der Waals surface area contributed by atoms with Crippen LogP contribution < -0.4 is 10.1 Å². The van der Waals surface area contributed by atoms with Crippen molar-refractivity contribution >= 4 is 10.9 Å². The average Bonchev–Trinajstić information content (AvgIpc) is 2.69. The van der Waals surface area contributed by atoms with Crippen molar-refractivity contribution < 1.29 is 4.74 Å². The van der Waals surface area contributed by atoms with Gasteiger partial charge in [-0.1, -0.05) is 42.5 Å². The molecule has 4 nitrogen and oxygen atoms in total. The van der Waals surface area contributed by atoms with Crippen LogP contribution in [0.15, 0.2) is 60.8 Å². The number of para-hydroxylation sites is 2. The molecule has 1 atom stereocenters. The van der Waals surface area contributed by atoms with E-state index in [2.05, 4.69) is 51.6 Å². The zero-order valence-electron chi connectivity index (χ0n) is 14.5. The van der Waals surface area contributed by atoms with Crippen LogP contribution in [0, 0.1) is 0 Å². The maximum atomic E-state index is 5.60. The van der Waals surface area contributed by atoms with Gasteiger partial charge in [0.15, 0.2) is 0 Å². The third-order valence-electron chi connectivity index (χ3n) is 4.94. The van der Waals surface area contributed by atoms with E-state index in [1.807, 2.05) is 24.4 Å². The summed E-state index contributed by atoms with van der Waals surface area (Å²) in [5.41, 5.74) is 3.62. The molecule has 4 heteroatoms. The van der Waals surface area contributed by atoms with Gasteiger partial charge in [-0.25, -0.2) is 0 Å². The van der Waals surface area contributed by atoms with E-state index >= 15 is 0 Å². The van der Waals surface area contributed by atoms with Crippen LogP contribution in [0.4, 0.5) is 0 Å². The normalized spacial score (nSPS) is 18.4. The highest BCUT2D eigenvalue weighted by Crippen LogP contribution is 2.31. The molecule has 0 amide bonds. The van der Waals surface area contributed by atoms with Crippen molar-refractivity contribution in [1.29, 1.82) is 0 Å². The Morgan fingerprint density at radius 2 is 2.00 bits per heavy atom. The first-order valence-corrected chi connectivity index (χ1v) is 8.77. The van der Waals surface area contributed by atoms with Gasteiger partial charge in [0.1, 0.15) is 5.75 Å². The lowest BCUT2D eigenvalue weighted by Gasteiger charge is -2.37. The molecule has 1 aromatic heterocycles. The number of rotatable bonds is 4. The van der Waals surface area contributed by atoms with E-state index < -0.39 is 0 Å². The highest BCUT2D eigenvalue weighted by Gasteiger charge is 2.26. The first-order chi connectivity index (χ1) is 12.4. The van der Waals surface area contributed by atoms with Gasteiger partial charge in [0.2, 0.25) is 0 Å². The molecule has 1 aliphatic rings. The molecule has 4 rings (SSSR count). The van der Waals surface area contributed by atoms with Gasteiger partial charge in [0, 0.05) is 43.3 Å². The number of ether oxygens (including phenoxy) is 1. The molecule has 0 saturated carbocycles. The zero-order chi connectivity index (χ0) is 17.1. The zero-order valence-corrected chi connectivity index (χ0v) is 14.5. The van der Waals surface area contributed by atoms with Crippen molar-refractivity contribution in [3.05, 3.63) is 71.9 Å². The summed E-state index contributed by atoms with van der Waals surface area (Å²) in [6.07, 6.45) is 1.88. The van der Waals surface area contributed by atoms with Crippen LogP contribution in [0.3, 0.4) is 0 Å². The third-order valence-corrected chi connectivity index (χ3v) is 4.94. The summed E-state index contributed by atoms with van der Waals surface area (Å²) in [6, 6.07) is 19.2. The van der Waals surface area contributed by atoms with Crippen LogP contribution in [0.2, 0.25) is 0 Å². The largest absolute Gasteiger partial charge is 0.496 e. The molecular formula is C21H23N3O. The Morgan fingerprint density at radius 1 is 1.12 bits per heavy atom. The van der Waals surface area contributed by atoms with E-state index in [-0.39, 0.29) is 0 Å². The van der Waals surface area contributed by atoms with Crippen molar-refractivity contribution in [1.82, 2.24) is 15.2 Å². The number of benzene rings is 2. The Morgan fingerprint density at radius 3 is 2.92 bits per heavy atom. The number of methoxy groups -OCH3 is 1. The summed E-state index contributed by atoms with van der Waals surface area (Å²) in [5.74, 6) is 0.956. The SMILES string of the molecule is COc1ccccc1C1CNCCN1Cc1cccc2cccnc12. The predicted molar refractivity (Wildman–Crippen MR) is 101 cm³/mol. The van der Waals surface area contributed by atoms with E-state index in [4.69, 9.17) is 4.74 Å². The summed E-state index contributed by atoms with van der Waals surface area (Å²) in [5, 5.41) is 4.72. The molecule has 1 unspecified atom stereocenters. The van der Waals surface area contributed by atoms with E-state index in [1.165, 1.54) is 16.5 Å². The lowest BCUT2D eigenvalue weighted by atomic mass is 10.0. The van der Waals surface area contributed by atoms with Crippen molar-refractivity contribution in [2.24, 2.45) is 0 Å². The number of aromatic nitrogens is 1. The van der Waals surface area contributed by atoms with Gasteiger partial charge < -0.3 is 10.1 Å². The van der Waals surface area contributed by atoms with Crippen LogP contribution in [0.5, 0.6) is 5.75 Å². The standard InChI is InChI=1S/C21H23N3O/c1-25-20-10-3-2-9-18(20)19-14-22-12-13-24(19)15-17-7-4-6-16-8-5-11-23-21(16)17/h2-11,19,22H,12-15H2,1H3. The highest BCUT2D eigenvalue weighted by atomic mass is 16.5. The summed E-state index contributed by atoms with van der Waals surface area (Å²) in [7, 11) is 1.74. The number of fused-ring (bicyclic) bond motifs is 1. The van der Waals surface area contributed by atoms with Gasteiger partial charge in [0.05, 0.1) is 18.7 Å². The Bertz CT molecular complexity index is 859. The molecule has 25 heavy (non-hydrogen) atoms. The molecule has 2 aromatic carbocycles. The smallest absolute Gasteiger partial charge is 0.123 e. The molecule has 0 bridgehead atoms. The summed E-state index contributed by atoms with van der Waals surface area (Å²) in [4.78, 5) is 7.14. The molecule has 1 N–H and O–H groups in total. The van der Waals surface area contributed by atoms with Gasteiger partial charge in [-0.2, -0.15) is 0 Å². The maximum absolute atomic E-state index is 5.60. The molecule has 0 aliphatic carbocycles. The Labute approximate surface area is 148 Å². The van der Waals surface area contributed by atoms with E-state index in [0.29, 0.717) is 6.04 Å². The fraction of sp³-hybridized carbons (Fsp3) is 0.286. The minimum absolute atomic E-state index is 0.295. The van der Waals surface area contributed by atoms with Crippen molar-refractivity contribution in [3.63, 3.8) is 0 Å². The lowest BCUT2D eigenvalue weighted by molar-refractivity contribution is 0.151. The molecule has 1 saturated heterocycles. The fourth-order valence-corrected chi connectivity index (χ4v) is 3.70. The molecule has 128 valence electrons. The summed E-state index contributed by atoms with van der Waals surface area (Å²) < 4.78 is 5.60.